The molecule has 158 valence electrons. The fourth-order valence-corrected chi connectivity index (χ4v) is 2.99. The van der Waals surface area contributed by atoms with Gasteiger partial charge in [0.25, 0.3) is 0 Å². The molecule has 0 spiro atoms. The minimum Gasteiger partial charge on any atom is -0.394 e. The van der Waals surface area contributed by atoms with Crippen molar-refractivity contribution in [1.82, 2.24) is 19.5 Å². The van der Waals surface area contributed by atoms with Crippen molar-refractivity contribution >= 4 is 35.3 Å². The second-order valence-electron chi connectivity index (χ2n) is 6.17. The molecule has 3 heterocycles. The minimum atomic E-state index is -1.26. The second-order valence-corrected chi connectivity index (χ2v) is 6.55. The standard InChI is InChI=1S/C17H20N8O4S/c18-16(19)20-5-3-1-2-4-6-21-17-23-13-10(14(30)24-17)22-8-25(13)15-12(28)11(27)9(7-26)29-15/h8-9,11-12,15,26-28H,5-7H2,(H4,18,19,20)(H2,21,23,24,30)/t9-,11?,12+,15-/m1/s1. The highest BCUT2D eigenvalue weighted by Crippen LogP contribution is 2.31. The molecule has 0 radical (unpaired) electrons. The number of aliphatic imine (C=N–C) groups is 1. The molecule has 9 N–H and O–H groups in total. The Hall–Kier alpha value is -3.20. The number of nitrogens with two attached hydrogens (primary N) is 2. The Morgan fingerprint density at radius 1 is 1.33 bits per heavy atom. The van der Waals surface area contributed by atoms with Gasteiger partial charge in [0.05, 0.1) is 19.5 Å². The average Bonchev–Trinajstić information content (AvgIpc) is 3.25. The highest BCUT2D eigenvalue weighted by atomic mass is 32.1. The van der Waals surface area contributed by atoms with Gasteiger partial charge in [0, 0.05) is 0 Å². The van der Waals surface area contributed by atoms with E-state index in [2.05, 4.69) is 48.9 Å². The van der Waals surface area contributed by atoms with E-state index in [1.54, 1.807) is 0 Å². The summed E-state index contributed by atoms with van der Waals surface area (Å²) in [5.41, 5.74) is 11.2. The maximum Gasteiger partial charge on any atom is 0.203 e. The Kier molecular flexibility index (Phi) is 6.83. The minimum absolute atomic E-state index is 0.0354. The van der Waals surface area contributed by atoms with Gasteiger partial charge in [-0.3, -0.25) is 4.57 Å². The lowest BCUT2D eigenvalue weighted by molar-refractivity contribution is -0.0511. The zero-order chi connectivity index (χ0) is 21.7. The largest absolute Gasteiger partial charge is 0.394 e. The summed E-state index contributed by atoms with van der Waals surface area (Å²) in [4.78, 5) is 15.1. The van der Waals surface area contributed by atoms with Crippen LogP contribution >= 0.6 is 12.2 Å². The fraction of sp³-hybridized carbons (Fsp3) is 0.412. The van der Waals surface area contributed by atoms with Gasteiger partial charge in [-0.05, 0) is 11.8 Å². The molecule has 1 aliphatic rings. The van der Waals surface area contributed by atoms with Crippen LogP contribution in [0.4, 0.5) is 5.95 Å². The molecule has 1 aliphatic heterocycles. The summed E-state index contributed by atoms with van der Waals surface area (Å²) in [6, 6.07) is 0. The van der Waals surface area contributed by atoms with Crippen molar-refractivity contribution in [3.8, 4) is 23.7 Å². The van der Waals surface area contributed by atoms with Crippen LogP contribution in [0, 0.1) is 28.3 Å². The molecular weight excluding hydrogens is 412 g/mol. The number of aromatic nitrogens is 4. The van der Waals surface area contributed by atoms with E-state index in [-0.39, 0.29) is 23.7 Å². The van der Waals surface area contributed by atoms with Crippen LogP contribution in [0.3, 0.4) is 0 Å². The van der Waals surface area contributed by atoms with Gasteiger partial charge in [-0.2, -0.15) is 0 Å². The number of H-pyrrole nitrogens is 1. The summed E-state index contributed by atoms with van der Waals surface area (Å²) in [5.74, 6) is 11.0. The Labute approximate surface area is 176 Å². The molecule has 2 aromatic rings. The van der Waals surface area contributed by atoms with Crippen molar-refractivity contribution in [2.45, 2.75) is 24.5 Å². The van der Waals surface area contributed by atoms with Gasteiger partial charge >= 0.3 is 0 Å². The van der Waals surface area contributed by atoms with E-state index in [1.807, 2.05) is 0 Å². The summed E-state index contributed by atoms with van der Waals surface area (Å²) in [5, 5.41) is 32.5. The summed E-state index contributed by atoms with van der Waals surface area (Å²) >= 11 is 5.27. The molecule has 4 atom stereocenters. The predicted octanol–water partition coefficient (Wildman–Crippen LogP) is -2.21. The zero-order valence-corrected chi connectivity index (χ0v) is 16.4. The topological polar surface area (TPSA) is 193 Å². The monoisotopic (exact) mass is 432 g/mol. The molecule has 2 aromatic heterocycles. The van der Waals surface area contributed by atoms with Gasteiger partial charge in [0.1, 0.15) is 36.0 Å². The number of hydrogen-bond acceptors (Lipinski definition) is 9. The lowest BCUT2D eigenvalue weighted by atomic mass is 10.1. The molecule has 30 heavy (non-hydrogen) atoms. The molecule has 0 amide bonds. The van der Waals surface area contributed by atoms with Crippen molar-refractivity contribution in [2.24, 2.45) is 16.5 Å². The molecule has 12 nitrogen and oxygen atoms in total. The number of rotatable bonds is 5. The Balaban J connectivity index is 1.75. The third-order valence-corrected chi connectivity index (χ3v) is 4.45. The Morgan fingerprint density at radius 2 is 2.10 bits per heavy atom. The number of guanidine groups is 1. The van der Waals surface area contributed by atoms with Crippen molar-refractivity contribution in [3.63, 3.8) is 0 Å². The first-order valence-corrected chi connectivity index (χ1v) is 9.17. The highest BCUT2D eigenvalue weighted by molar-refractivity contribution is 7.71. The number of aliphatic hydroxyl groups excluding tert-OH is 3. The molecule has 13 heteroatoms. The van der Waals surface area contributed by atoms with E-state index in [0.29, 0.717) is 17.1 Å². The average molecular weight is 432 g/mol. The first-order chi connectivity index (χ1) is 14.4. The number of hydrogen-bond donors (Lipinski definition) is 7. The van der Waals surface area contributed by atoms with Gasteiger partial charge in [-0.15, -0.1) is 0 Å². The lowest BCUT2D eigenvalue weighted by Crippen LogP contribution is -2.33. The molecular formula is C17H20N8O4S. The second kappa shape index (κ2) is 9.53. The maximum absolute atomic E-state index is 10.3. The van der Waals surface area contributed by atoms with Crippen LogP contribution in [0.15, 0.2) is 11.3 Å². The number of aliphatic hydroxyl groups is 3. The first kappa shape index (κ1) is 21.5. The predicted molar refractivity (Wildman–Crippen MR) is 110 cm³/mol. The fourth-order valence-electron chi connectivity index (χ4n) is 2.75. The first-order valence-electron chi connectivity index (χ1n) is 8.76. The zero-order valence-electron chi connectivity index (χ0n) is 15.6. The van der Waals surface area contributed by atoms with Crippen LogP contribution < -0.4 is 16.8 Å². The molecule has 1 unspecified atom stereocenters. The Morgan fingerprint density at radius 3 is 2.80 bits per heavy atom. The van der Waals surface area contributed by atoms with Crippen molar-refractivity contribution in [3.05, 3.63) is 11.0 Å². The third kappa shape index (κ3) is 4.68. The highest BCUT2D eigenvalue weighted by Gasteiger charge is 2.43. The van der Waals surface area contributed by atoms with E-state index in [0.717, 1.165) is 0 Å². The van der Waals surface area contributed by atoms with Gasteiger partial charge in [0.15, 0.2) is 16.8 Å². The summed E-state index contributed by atoms with van der Waals surface area (Å²) in [6.07, 6.45) is -2.94. The SMILES string of the molecule is NC(N)=NCC#CC#CCNc1nc(=S)c2ncn([C@@H]3O[C@H](CO)C(O)[C@@H]3O)c2[nH]1. The number of aromatic amines is 1. The van der Waals surface area contributed by atoms with Crippen LogP contribution in [0.1, 0.15) is 6.23 Å². The molecule has 0 saturated carbocycles. The van der Waals surface area contributed by atoms with E-state index >= 15 is 0 Å². The summed E-state index contributed by atoms with van der Waals surface area (Å²) in [6.45, 7) is -0.0390. The number of nitrogens with one attached hydrogen (secondary N) is 2. The molecule has 0 bridgehead atoms. The third-order valence-electron chi connectivity index (χ3n) is 4.16. The quantitative estimate of drug-likeness (QED) is 0.118. The van der Waals surface area contributed by atoms with E-state index in [1.165, 1.54) is 10.9 Å². The number of ether oxygens (including phenoxy) is 1. The van der Waals surface area contributed by atoms with Gasteiger partial charge < -0.3 is 41.8 Å². The molecule has 0 aromatic carbocycles. The molecule has 3 rings (SSSR count). The van der Waals surface area contributed by atoms with Crippen LogP contribution in [0.5, 0.6) is 0 Å². The van der Waals surface area contributed by atoms with Gasteiger partial charge in [-0.25, -0.2) is 15.0 Å². The van der Waals surface area contributed by atoms with E-state index in [9.17, 15) is 15.3 Å². The maximum atomic E-state index is 10.3. The molecule has 1 saturated heterocycles. The molecule has 0 aliphatic carbocycles. The van der Waals surface area contributed by atoms with Crippen LogP contribution in [-0.2, 0) is 4.74 Å². The van der Waals surface area contributed by atoms with Crippen LogP contribution in [-0.4, -0.2) is 78.8 Å². The van der Waals surface area contributed by atoms with Crippen molar-refractivity contribution in [1.29, 1.82) is 0 Å². The van der Waals surface area contributed by atoms with Gasteiger partial charge in [-0.1, -0.05) is 24.1 Å². The summed E-state index contributed by atoms with van der Waals surface area (Å²) in [7, 11) is 0. The van der Waals surface area contributed by atoms with Crippen LogP contribution in [0.25, 0.3) is 11.2 Å². The lowest BCUT2D eigenvalue weighted by Gasteiger charge is -2.17. The van der Waals surface area contributed by atoms with E-state index < -0.39 is 31.1 Å². The van der Waals surface area contributed by atoms with E-state index in [4.69, 9.17) is 28.4 Å². The number of fused-ring (bicyclic) bond motifs is 1. The van der Waals surface area contributed by atoms with Crippen LogP contribution in [0.2, 0.25) is 0 Å². The normalized spacial score (nSPS) is 22.6. The summed E-state index contributed by atoms with van der Waals surface area (Å²) < 4.78 is 7.26. The van der Waals surface area contributed by atoms with Crippen molar-refractivity contribution < 1.29 is 20.1 Å². The Bertz CT molecular complexity index is 1120. The van der Waals surface area contributed by atoms with Crippen molar-refractivity contribution in [2.75, 3.05) is 25.0 Å². The number of anilines is 1. The smallest absolute Gasteiger partial charge is 0.203 e. The van der Waals surface area contributed by atoms with Gasteiger partial charge in [0.2, 0.25) is 5.95 Å². The number of imidazole rings is 1. The number of nitrogens with zero attached hydrogens (tertiary/aromatic N) is 4. The molecule has 1 fully saturated rings.